The minimum absolute atomic E-state index is 0.0139. The van der Waals surface area contributed by atoms with Crippen molar-refractivity contribution in [3.8, 4) is 0 Å². The van der Waals surface area contributed by atoms with Gasteiger partial charge in [0.25, 0.3) is 5.56 Å². The highest BCUT2D eigenvalue weighted by molar-refractivity contribution is 7.99. The highest BCUT2D eigenvalue weighted by Crippen LogP contribution is 2.20. The smallest absolute Gasteiger partial charge is 0.262 e. The molecule has 0 atom stereocenters. The molecule has 0 saturated carbocycles. The van der Waals surface area contributed by atoms with Gasteiger partial charge in [-0.15, -0.1) is 11.3 Å². The highest BCUT2D eigenvalue weighted by Gasteiger charge is 2.09. The van der Waals surface area contributed by atoms with E-state index in [0.29, 0.717) is 29.5 Å². The van der Waals surface area contributed by atoms with Gasteiger partial charge >= 0.3 is 0 Å². The van der Waals surface area contributed by atoms with Gasteiger partial charge in [0.15, 0.2) is 5.16 Å². The fourth-order valence-corrected chi connectivity index (χ4v) is 3.10. The zero-order valence-electron chi connectivity index (χ0n) is 9.96. The van der Waals surface area contributed by atoms with Crippen molar-refractivity contribution >= 4 is 33.3 Å². The van der Waals surface area contributed by atoms with Crippen molar-refractivity contribution in [3.05, 3.63) is 21.8 Å². The Kier molecular flexibility index (Phi) is 4.76. The molecule has 2 heterocycles. The molecule has 5 nitrogen and oxygen atoms in total. The average molecular weight is 286 g/mol. The molecule has 1 N–H and O–H groups in total. The summed E-state index contributed by atoms with van der Waals surface area (Å²) in [5.74, 6) is 0.706. The maximum Gasteiger partial charge on any atom is 0.262 e. The molecular weight excluding hydrogens is 272 g/mol. The standard InChI is InChI=1S/C11H14N2O3S2/c1-13-10(15)8-2-6-17-9(8)12-11(13)18-7-5-16-4-3-14/h2,6,14H,3-5,7H2,1H3. The summed E-state index contributed by atoms with van der Waals surface area (Å²) in [6.07, 6.45) is 0. The van der Waals surface area contributed by atoms with E-state index in [-0.39, 0.29) is 12.2 Å². The van der Waals surface area contributed by atoms with Crippen LogP contribution < -0.4 is 5.56 Å². The highest BCUT2D eigenvalue weighted by atomic mass is 32.2. The zero-order chi connectivity index (χ0) is 13.0. The molecule has 2 aromatic rings. The van der Waals surface area contributed by atoms with Gasteiger partial charge < -0.3 is 9.84 Å². The van der Waals surface area contributed by atoms with E-state index in [1.807, 2.05) is 5.38 Å². The lowest BCUT2D eigenvalue weighted by molar-refractivity contribution is 0.103. The Hall–Kier alpha value is -0.890. The van der Waals surface area contributed by atoms with E-state index in [0.717, 1.165) is 4.83 Å². The van der Waals surface area contributed by atoms with E-state index < -0.39 is 0 Å². The summed E-state index contributed by atoms with van der Waals surface area (Å²) in [4.78, 5) is 17.2. The van der Waals surface area contributed by atoms with Crippen LogP contribution in [0.3, 0.4) is 0 Å². The number of ether oxygens (including phenoxy) is 1. The Morgan fingerprint density at radius 1 is 1.56 bits per heavy atom. The van der Waals surface area contributed by atoms with Crippen molar-refractivity contribution < 1.29 is 9.84 Å². The molecule has 18 heavy (non-hydrogen) atoms. The molecule has 98 valence electrons. The third-order valence-corrected chi connectivity index (χ3v) is 4.16. The normalized spacial score (nSPS) is 11.2. The van der Waals surface area contributed by atoms with Crippen LogP contribution in [0, 0.1) is 0 Å². The summed E-state index contributed by atoms with van der Waals surface area (Å²) < 4.78 is 6.73. The largest absolute Gasteiger partial charge is 0.394 e. The van der Waals surface area contributed by atoms with E-state index in [1.165, 1.54) is 23.1 Å². The van der Waals surface area contributed by atoms with Gasteiger partial charge in [-0.25, -0.2) is 4.98 Å². The summed E-state index contributed by atoms with van der Waals surface area (Å²) in [7, 11) is 1.73. The molecule has 2 aromatic heterocycles. The number of aromatic nitrogens is 2. The van der Waals surface area contributed by atoms with Crippen molar-refractivity contribution in [2.45, 2.75) is 5.16 Å². The first-order chi connectivity index (χ1) is 8.74. The summed E-state index contributed by atoms with van der Waals surface area (Å²) in [6.45, 7) is 0.906. The minimum Gasteiger partial charge on any atom is -0.394 e. The lowest BCUT2D eigenvalue weighted by Gasteiger charge is -2.06. The summed E-state index contributed by atoms with van der Waals surface area (Å²) >= 11 is 2.95. The van der Waals surface area contributed by atoms with Crippen LogP contribution in [0.4, 0.5) is 0 Å². The number of aliphatic hydroxyl groups excluding tert-OH is 1. The van der Waals surface area contributed by atoms with Gasteiger partial charge in [-0.3, -0.25) is 9.36 Å². The monoisotopic (exact) mass is 286 g/mol. The molecule has 0 fully saturated rings. The molecule has 0 unspecified atom stereocenters. The average Bonchev–Trinajstić information content (AvgIpc) is 2.83. The van der Waals surface area contributed by atoms with Gasteiger partial charge in [0.05, 0.1) is 25.2 Å². The Bertz CT molecular complexity index is 579. The quantitative estimate of drug-likeness (QED) is 0.489. The van der Waals surface area contributed by atoms with E-state index in [9.17, 15) is 4.79 Å². The lowest BCUT2D eigenvalue weighted by Crippen LogP contribution is -2.19. The summed E-state index contributed by atoms with van der Waals surface area (Å²) in [6, 6.07) is 1.80. The Morgan fingerprint density at radius 2 is 2.39 bits per heavy atom. The molecule has 0 aliphatic rings. The van der Waals surface area contributed by atoms with E-state index in [2.05, 4.69) is 4.98 Å². The van der Waals surface area contributed by atoms with Crippen LogP contribution in [0.1, 0.15) is 0 Å². The van der Waals surface area contributed by atoms with E-state index >= 15 is 0 Å². The third kappa shape index (κ3) is 2.92. The molecule has 7 heteroatoms. The van der Waals surface area contributed by atoms with E-state index in [4.69, 9.17) is 9.84 Å². The van der Waals surface area contributed by atoms with Gasteiger partial charge in [0.2, 0.25) is 0 Å². The van der Waals surface area contributed by atoms with Gasteiger partial charge in [0.1, 0.15) is 4.83 Å². The Labute approximate surface area is 112 Å². The SMILES string of the molecule is Cn1c(SCCOCCO)nc2sccc2c1=O. The van der Waals surface area contributed by atoms with Crippen molar-refractivity contribution in [2.24, 2.45) is 7.05 Å². The fourth-order valence-electron chi connectivity index (χ4n) is 1.47. The lowest BCUT2D eigenvalue weighted by atomic mass is 10.4. The van der Waals surface area contributed by atoms with E-state index in [1.54, 1.807) is 17.7 Å². The number of thioether (sulfide) groups is 1. The Balaban J connectivity index is 2.08. The number of rotatable bonds is 6. The molecule has 0 aliphatic heterocycles. The van der Waals surface area contributed by atoms with Gasteiger partial charge in [-0.05, 0) is 11.4 Å². The number of aliphatic hydroxyl groups is 1. The number of nitrogens with zero attached hydrogens (tertiary/aromatic N) is 2. The summed E-state index contributed by atoms with van der Waals surface area (Å²) in [5.41, 5.74) is -0.0139. The van der Waals surface area contributed by atoms with Crippen LogP contribution in [0.5, 0.6) is 0 Å². The van der Waals surface area contributed by atoms with Crippen LogP contribution >= 0.6 is 23.1 Å². The number of hydrogen-bond donors (Lipinski definition) is 1. The number of fused-ring (bicyclic) bond motifs is 1. The van der Waals surface area contributed by atoms with Gasteiger partial charge in [-0.1, -0.05) is 11.8 Å². The molecular formula is C11H14N2O3S2. The second-order valence-electron chi connectivity index (χ2n) is 3.58. The van der Waals surface area contributed by atoms with Gasteiger partial charge in [-0.2, -0.15) is 0 Å². The summed E-state index contributed by atoms with van der Waals surface area (Å²) in [5, 5.41) is 11.8. The topological polar surface area (TPSA) is 64.3 Å². The van der Waals surface area contributed by atoms with Crippen LogP contribution in [0.15, 0.2) is 21.4 Å². The van der Waals surface area contributed by atoms with Crippen LogP contribution in [-0.4, -0.2) is 40.2 Å². The predicted molar refractivity (Wildman–Crippen MR) is 73.5 cm³/mol. The molecule has 0 radical (unpaired) electrons. The maximum absolute atomic E-state index is 12.0. The van der Waals surface area contributed by atoms with Crippen molar-refractivity contribution in [2.75, 3.05) is 25.6 Å². The predicted octanol–water partition coefficient (Wildman–Crippen LogP) is 1.10. The second kappa shape index (κ2) is 6.33. The van der Waals surface area contributed by atoms with Crippen molar-refractivity contribution in [3.63, 3.8) is 0 Å². The van der Waals surface area contributed by atoms with Crippen molar-refractivity contribution in [1.82, 2.24) is 9.55 Å². The first-order valence-electron chi connectivity index (χ1n) is 5.49. The molecule has 0 bridgehead atoms. The van der Waals surface area contributed by atoms with Crippen molar-refractivity contribution in [1.29, 1.82) is 0 Å². The second-order valence-corrected chi connectivity index (χ2v) is 5.54. The van der Waals surface area contributed by atoms with Crippen LogP contribution in [0.25, 0.3) is 10.2 Å². The maximum atomic E-state index is 12.0. The fraction of sp³-hybridized carbons (Fsp3) is 0.455. The molecule has 0 saturated heterocycles. The number of hydrogen-bond acceptors (Lipinski definition) is 6. The number of thiophene rings is 1. The Morgan fingerprint density at radius 3 is 3.17 bits per heavy atom. The molecule has 0 spiro atoms. The molecule has 0 aliphatic carbocycles. The zero-order valence-corrected chi connectivity index (χ0v) is 11.6. The molecule has 0 amide bonds. The van der Waals surface area contributed by atoms with Gasteiger partial charge in [0, 0.05) is 12.8 Å². The molecule has 0 aromatic carbocycles. The third-order valence-electron chi connectivity index (χ3n) is 2.36. The minimum atomic E-state index is -0.0139. The van der Waals surface area contributed by atoms with Crippen LogP contribution in [-0.2, 0) is 11.8 Å². The first-order valence-corrected chi connectivity index (χ1v) is 7.36. The van der Waals surface area contributed by atoms with Crippen LogP contribution in [0.2, 0.25) is 0 Å². The molecule has 2 rings (SSSR count). The first kappa shape index (κ1) is 13.5.